The third kappa shape index (κ3) is 3.43. The molecular formula is C11H12ClN. The van der Waals surface area contributed by atoms with Gasteiger partial charge in [0.05, 0.1) is 0 Å². The van der Waals surface area contributed by atoms with Crippen LogP contribution in [0.4, 0.5) is 0 Å². The Labute approximate surface area is 83.8 Å². The van der Waals surface area contributed by atoms with E-state index in [2.05, 4.69) is 4.99 Å². The van der Waals surface area contributed by atoms with E-state index >= 15 is 0 Å². The van der Waals surface area contributed by atoms with Crippen LogP contribution < -0.4 is 0 Å². The van der Waals surface area contributed by atoms with Crippen molar-refractivity contribution in [1.29, 1.82) is 0 Å². The third-order valence-corrected chi connectivity index (χ3v) is 1.76. The Bertz CT molecular complexity index is 321. The molecule has 1 aromatic rings. The Morgan fingerprint density at radius 2 is 1.85 bits per heavy atom. The summed E-state index contributed by atoms with van der Waals surface area (Å²) in [5.41, 5.74) is 2.08. The summed E-state index contributed by atoms with van der Waals surface area (Å²) < 4.78 is 0. The molecule has 0 heterocycles. The summed E-state index contributed by atoms with van der Waals surface area (Å²) in [6.45, 7) is 3.97. The Balaban J connectivity index is 2.86. The maximum atomic E-state index is 5.96. The van der Waals surface area contributed by atoms with Gasteiger partial charge in [-0.3, -0.25) is 0 Å². The van der Waals surface area contributed by atoms with E-state index in [0.717, 1.165) is 11.1 Å². The van der Waals surface area contributed by atoms with Gasteiger partial charge in [0.1, 0.15) is 5.17 Å². The van der Waals surface area contributed by atoms with Gasteiger partial charge in [-0.15, -0.1) is 0 Å². The van der Waals surface area contributed by atoms with Crippen molar-refractivity contribution >= 4 is 16.8 Å². The maximum absolute atomic E-state index is 5.96. The molecule has 0 saturated carbocycles. The van der Waals surface area contributed by atoms with E-state index in [-0.39, 0.29) is 0 Å². The van der Waals surface area contributed by atoms with Gasteiger partial charge >= 0.3 is 0 Å². The summed E-state index contributed by atoms with van der Waals surface area (Å²) in [6, 6.07) is 9.70. The van der Waals surface area contributed by atoms with Crippen LogP contribution in [0.1, 0.15) is 19.4 Å². The highest BCUT2D eigenvalue weighted by Crippen LogP contribution is 2.05. The summed E-state index contributed by atoms with van der Waals surface area (Å²) in [5.74, 6) is 0. The Hall–Kier alpha value is -1.08. The maximum Gasteiger partial charge on any atom is 0.136 e. The highest BCUT2D eigenvalue weighted by molar-refractivity contribution is 6.69. The summed E-state index contributed by atoms with van der Waals surface area (Å²) in [6.07, 6.45) is 1.76. The molecule has 13 heavy (non-hydrogen) atoms. The Morgan fingerprint density at radius 3 is 2.38 bits per heavy atom. The Morgan fingerprint density at radius 1 is 1.23 bits per heavy atom. The standard InChI is InChI=1S/C11H12ClN/c1-9(2)8-13-11(12)10-6-4-3-5-7-10/h3-8H,1-2H3. The molecule has 0 aliphatic rings. The van der Waals surface area contributed by atoms with E-state index in [1.165, 1.54) is 0 Å². The van der Waals surface area contributed by atoms with Crippen molar-refractivity contribution in [2.75, 3.05) is 0 Å². The summed E-state index contributed by atoms with van der Waals surface area (Å²) >= 11 is 5.96. The number of rotatable bonds is 2. The highest BCUT2D eigenvalue weighted by atomic mass is 35.5. The minimum Gasteiger partial charge on any atom is -0.244 e. The van der Waals surface area contributed by atoms with Gasteiger partial charge in [0.15, 0.2) is 0 Å². The fourth-order valence-corrected chi connectivity index (χ4v) is 1.01. The molecule has 0 N–H and O–H groups in total. The minimum absolute atomic E-state index is 0.529. The molecule has 1 rings (SSSR count). The minimum atomic E-state index is 0.529. The number of allylic oxidation sites excluding steroid dienone is 1. The predicted octanol–water partition coefficient (Wildman–Crippen LogP) is 3.60. The number of nitrogens with zero attached hydrogens (tertiary/aromatic N) is 1. The second-order valence-corrected chi connectivity index (χ2v) is 3.35. The van der Waals surface area contributed by atoms with Crippen LogP contribution in [0.2, 0.25) is 0 Å². The van der Waals surface area contributed by atoms with Crippen molar-refractivity contribution in [3.8, 4) is 0 Å². The smallest absolute Gasteiger partial charge is 0.136 e. The van der Waals surface area contributed by atoms with Gasteiger partial charge in [0.2, 0.25) is 0 Å². The van der Waals surface area contributed by atoms with Crippen molar-refractivity contribution in [2.45, 2.75) is 13.8 Å². The topological polar surface area (TPSA) is 12.4 Å². The van der Waals surface area contributed by atoms with Crippen LogP contribution in [0.15, 0.2) is 47.1 Å². The van der Waals surface area contributed by atoms with Crippen LogP contribution in [0.5, 0.6) is 0 Å². The normalized spacial score (nSPS) is 11.2. The van der Waals surface area contributed by atoms with Gasteiger partial charge in [-0.2, -0.15) is 0 Å². The van der Waals surface area contributed by atoms with Crippen molar-refractivity contribution in [3.63, 3.8) is 0 Å². The van der Waals surface area contributed by atoms with Crippen LogP contribution >= 0.6 is 11.6 Å². The molecule has 0 fully saturated rings. The lowest BCUT2D eigenvalue weighted by Crippen LogP contribution is -1.88. The molecule has 0 aliphatic carbocycles. The first-order chi connectivity index (χ1) is 6.20. The average molecular weight is 194 g/mol. The lowest BCUT2D eigenvalue weighted by molar-refractivity contribution is 1.34. The molecule has 1 nitrogen and oxygen atoms in total. The summed E-state index contributed by atoms with van der Waals surface area (Å²) in [7, 11) is 0. The van der Waals surface area contributed by atoms with E-state index in [1.807, 2.05) is 44.2 Å². The molecule has 0 aromatic heterocycles. The molecule has 0 atom stereocenters. The van der Waals surface area contributed by atoms with E-state index in [0.29, 0.717) is 5.17 Å². The highest BCUT2D eigenvalue weighted by Gasteiger charge is 1.95. The largest absolute Gasteiger partial charge is 0.244 e. The van der Waals surface area contributed by atoms with Gasteiger partial charge in [0, 0.05) is 11.8 Å². The van der Waals surface area contributed by atoms with Gasteiger partial charge in [0.25, 0.3) is 0 Å². The predicted molar refractivity (Wildman–Crippen MR) is 58.3 cm³/mol. The number of benzene rings is 1. The molecule has 0 radical (unpaired) electrons. The lowest BCUT2D eigenvalue weighted by Gasteiger charge is -1.95. The van der Waals surface area contributed by atoms with Crippen molar-refractivity contribution in [1.82, 2.24) is 0 Å². The second-order valence-electron chi connectivity index (χ2n) is 2.99. The van der Waals surface area contributed by atoms with Crippen molar-refractivity contribution < 1.29 is 0 Å². The zero-order valence-corrected chi connectivity index (χ0v) is 8.55. The quantitative estimate of drug-likeness (QED) is 0.637. The third-order valence-electron chi connectivity index (χ3n) is 1.45. The van der Waals surface area contributed by atoms with Crippen molar-refractivity contribution in [3.05, 3.63) is 47.7 Å². The number of halogens is 1. The van der Waals surface area contributed by atoms with E-state index < -0.39 is 0 Å². The fourth-order valence-electron chi connectivity index (χ4n) is 0.836. The molecule has 1 aromatic carbocycles. The average Bonchev–Trinajstić information content (AvgIpc) is 2.15. The fraction of sp³-hybridized carbons (Fsp3) is 0.182. The van der Waals surface area contributed by atoms with E-state index in [1.54, 1.807) is 6.20 Å². The molecule has 0 amide bonds. The Kier molecular flexibility index (Phi) is 3.71. The van der Waals surface area contributed by atoms with Crippen molar-refractivity contribution in [2.24, 2.45) is 4.99 Å². The first-order valence-electron chi connectivity index (χ1n) is 4.12. The van der Waals surface area contributed by atoms with Gasteiger partial charge in [-0.1, -0.05) is 47.5 Å². The van der Waals surface area contributed by atoms with Crippen LogP contribution in [-0.2, 0) is 0 Å². The monoisotopic (exact) mass is 193 g/mol. The molecule has 0 saturated heterocycles. The van der Waals surface area contributed by atoms with Gasteiger partial charge < -0.3 is 0 Å². The number of hydrogen-bond donors (Lipinski definition) is 0. The SMILES string of the molecule is CC(C)=CN=C(Cl)c1ccccc1. The molecule has 0 spiro atoms. The van der Waals surface area contributed by atoms with Gasteiger partial charge in [-0.25, -0.2) is 4.99 Å². The van der Waals surface area contributed by atoms with Crippen LogP contribution in [-0.4, -0.2) is 5.17 Å². The molecule has 0 bridgehead atoms. The van der Waals surface area contributed by atoms with E-state index in [4.69, 9.17) is 11.6 Å². The lowest BCUT2D eigenvalue weighted by atomic mass is 10.2. The zero-order chi connectivity index (χ0) is 9.68. The molecule has 0 aliphatic heterocycles. The zero-order valence-electron chi connectivity index (χ0n) is 7.79. The second kappa shape index (κ2) is 4.83. The van der Waals surface area contributed by atoms with Crippen LogP contribution in [0, 0.1) is 0 Å². The summed E-state index contributed by atoms with van der Waals surface area (Å²) in [5, 5.41) is 0.529. The van der Waals surface area contributed by atoms with Crippen LogP contribution in [0.25, 0.3) is 0 Å². The first kappa shape index (κ1) is 10.0. The van der Waals surface area contributed by atoms with E-state index in [9.17, 15) is 0 Å². The molecule has 68 valence electrons. The number of aliphatic imine (C=N–C) groups is 1. The molecule has 2 heteroatoms. The molecule has 0 unspecified atom stereocenters. The number of hydrogen-bond acceptors (Lipinski definition) is 1. The van der Waals surface area contributed by atoms with Gasteiger partial charge in [-0.05, 0) is 13.8 Å². The first-order valence-corrected chi connectivity index (χ1v) is 4.50. The molecular weight excluding hydrogens is 182 g/mol. The van der Waals surface area contributed by atoms with Crippen LogP contribution in [0.3, 0.4) is 0 Å². The summed E-state index contributed by atoms with van der Waals surface area (Å²) in [4.78, 5) is 4.11.